The molecular weight excluding hydrogens is 374 g/mol. The van der Waals surface area contributed by atoms with Crippen molar-refractivity contribution in [3.63, 3.8) is 0 Å². The molecule has 6 heteroatoms. The molecule has 2 N–H and O–H groups in total. The predicted octanol–water partition coefficient (Wildman–Crippen LogP) is 2.72. The van der Waals surface area contributed by atoms with Gasteiger partial charge in [-0.3, -0.25) is 4.79 Å². The van der Waals surface area contributed by atoms with Crippen LogP contribution in [0.3, 0.4) is 0 Å². The smallest absolute Gasteiger partial charge is 0.225 e. The number of nitrogens with one attached hydrogen (secondary N) is 2. The molecule has 2 aliphatic heterocycles. The summed E-state index contributed by atoms with van der Waals surface area (Å²) >= 11 is 0. The van der Waals surface area contributed by atoms with Crippen molar-refractivity contribution in [2.24, 2.45) is 5.92 Å². The zero-order chi connectivity index (χ0) is 20.3. The first-order chi connectivity index (χ1) is 14.8. The van der Waals surface area contributed by atoms with Crippen molar-refractivity contribution in [1.29, 1.82) is 0 Å². The minimum atomic E-state index is 0.0424. The van der Waals surface area contributed by atoms with Gasteiger partial charge >= 0.3 is 0 Å². The van der Waals surface area contributed by atoms with Crippen molar-refractivity contribution in [1.82, 2.24) is 20.6 Å². The summed E-state index contributed by atoms with van der Waals surface area (Å²) in [6, 6.07) is 10.6. The van der Waals surface area contributed by atoms with Crippen molar-refractivity contribution in [3.8, 4) is 11.4 Å². The Bertz CT molecular complexity index is 894. The molecule has 1 amide bonds. The second-order valence-electron chi connectivity index (χ2n) is 8.83. The third-order valence-electron chi connectivity index (χ3n) is 6.72. The van der Waals surface area contributed by atoms with Gasteiger partial charge in [0.25, 0.3) is 0 Å². The number of carbonyl (C=O) groups is 1. The molecule has 0 radical (unpaired) electrons. The summed E-state index contributed by atoms with van der Waals surface area (Å²) in [5.41, 5.74) is 3.56. The Balaban J connectivity index is 1.37. The number of piperidine rings is 2. The van der Waals surface area contributed by atoms with E-state index in [0.717, 1.165) is 88.3 Å². The number of aryl methyl sites for hydroxylation is 1. The van der Waals surface area contributed by atoms with Crippen molar-refractivity contribution in [2.75, 3.05) is 31.1 Å². The molecule has 1 atom stereocenters. The van der Waals surface area contributed by atoms with Crippen LogP contribution in [0.2, 0.25) is 0 Å². The molecule has 3 heterocycles. The average molecular weight is 406 g/mol. The van der Waals surface area contributed by atoms with Crippen LogP contribution in [0.1, 0.15) is 43.4 Å². The van der Waals surface area contributed by atoms with Crippen LogP contribution >= 0.6 is 0 Å². The number of hydrogen-bond acceptors (Lipinski definition) is 5. The maximum Gasteiger partial charge on any atom is 0.225 e. The third-order valence-corrected chi connectivity index (χ3v) is 6.72. The molecule has 2 fully saturated rings. The maximum atomic E-state index is 13.0. The van der Waals surface area contributed by atoms with E-state index in [4.69, 9.17) is 9.97 Å². The molecular formula is C24H31N5O. The van der Waals surface area contributed by atoms with Gasteiger partial charge in [0.2, 0.25) is 5.91 Å². The van der Waals surface area contributed by atoms with Crippen LogP contribution in [0.5, 0.6) is 0 Å². The first-order valence-electron chi connectivity index (χ1n) is 11.5. The molecule has 1 aromatic carbocycles. The number of carbonyl (C=O) groups excluding carboxylic acids is 1. The van der Waals surface area contributed by atoms with Gasteiger partial charge in [-0.05, 0) is 58.0 Å². The van der Waals surface area contributed by atoms with Crippen LogP contribution in [-0.4, -0.2) is 48.1 Å². The van der Waals surface area contributed by atoms with E-state index >= 15 is 0 Å². The quantitative estimate of drug-likeness (QED) is 0.819. The molecule has 3 aliphatic rings. The summed E-state index contributed by atoms with van der Waals surface area (Å²) in [6.07, 6.45) is 7.27. The highest BCUT2D eigenvalue weighted by Crippen LogP contribution is 2.33. The first-order valence-corrected chi connectivity index (χ1v) is 11.5. The van der Waals surface area contributed by atoms with Crippen molar-refractivity contribution >= 4 is 11.7 Å². The summed E-state index contributed by atoms with van der Waals surface area (Å²) in [5.74, 6) is 2.14. The molecule has 0 spiro atoms. The number of benzene rings is 1. The van der Waals surface area contributed by atoms with Gasteiger partial charge in [-0.15, -0.1) is 0 Å². The molecule has 0 bridgehead atoms. The van der Waals surface area contributed by atoms with Gasteiger partial charge in [-0.25, -0.2) is 9.97 Å². The summed E-state index contributed by atoms with van der Waals surface area (Å²) in [5, 5.41) is 6.68. The molecule has 1 aromatic heterocycles. The highest BCUT2D eigenvalue weighted by molar-refractivity contribution is 5.80. The fourth-order valence-electron chi connectivity index (χ4n) is 5.06. The van der Waals surface area contributed by atoms with E-state index in [1.807, 2.05) is 18.2 Å². The number of nitrogens with zero attached hydrogens (tertiary/aromatic N) is 3. The summed E-state index contributed by atoms with van der Waals surface area (Å²) in [7, 11) is 0. The lowest BCUT2D eigenvalue weighted by Crippen LogP contribution is -2.49. The third kappa shape index (κ3) is 4.06. The Morgan fingerprint density at radius 3 is 2.70 bits per heavy atom. The lowest BCUT2D eigenvalue weighted by molar-refractivity contribution is -0.126. The number of anilines is 1. The van der Waals surface area contributed by atoms with Gasteiger partial charge in [-0.1, -0.05) is 30.3 Å². The van der Waals surface area contributed by atoms with Crippen LogP contribution in [0.4, 0.5) is 5.82 Å². The molecule has 5 rings (SSSR count). The SMILES string of the molecule is O=C(NC1CCNCC1)C1CCCN(c2nc(-c3ccccc3)nc3c2CCC3)C1. The number of aromatic nitrogens is 2. The Morgan fingerprint density at radius 2 is 1.87 bits per heavy atom. The molecule has 2 saturated heterocycles. The van der Waals surface area contributed by atoms with Gasteiger partial charge in [-0.2, -0.15) is 0 Å². The summed E-state index contributed by atoms with van der Waals surface area (Å²) in [4.78, 5) is 25.2. The lowest BCUT2D eigenvalue weighted by Gasteiger charge is -2.35. The van der Waals surface area contributed by atoms with Gasteiger partial charge in [0, 0.05) is 36.0 Å². The van der Waals surface area contributed by atoms with Gasteiger partial charge in [0.1, 0.15) is 5.82 Å². The fraction of sp³-hybridized carbons (Fsp3) is 0.542. The molecule has 2 aromatic rings. The van der Waals surface area contributed by atoms with Crippen LogP contribution in [-0.2, 0) is 17.6 Å². The Kier molecular flexibility index (Phi) is 5.67. The van der Waals surface area contributed by atoms with E-state index in [1.165, 1.54) is 11.3 Å². The van der Waals surface area contributed by atoms with Crippen molar-refractivity contribution in [3.05, 3.63) is 41.6 Å². The predicted molar refractivity (Wildman–Crippen MR) is 118 cm³/mol. The molecule has 1 unspecified atom stereocenters. The van der Waals surface area contributed by atoms with Gasteiger partial charge in [0.05, 0.1) is 5.92 Å². The Labute approximate surface area is 178 Å². The average Bonchev–Trinajstić information content (AvgIpc) is 3.28. The summed E-state index contributed by atoms with van der Waals surface area (Å²) in [6.45, 7) is 3.72. The standard InChI is InChI=1S/C24H31N5O/c30-24(26-19-11-13-25-14-12-19)18-8-5-15-29(16-18)23-20-9-4-10-21(20)27-22(28-23)17-6-2-1-3-7-17/h1-3,6-7,18-19,25H,4-5,8-16H2,(H,26,30). The number of hydrogen-bond donors (Lipinski definition) is 2. The van der Waals surface area contributed by atoms with Crippen LogP contribution in [0, 0.1) is 5.92 Å². The minimum Gasteiger partial charge on any atom is -0.355 e. The van der Waals surface area contributed by atoms with Gasteiger partial charge < -0.3 is 15.5 Å². The zero-order valence-electron chi connectivity index (χ0n) is 17.6. The maximum absolute atomic E-state index is 13.0. The molecule has 158 valence electrons. The van der Waals surface area contributed by atoms with E-state index in [-0.39, 0.29) is 11.8 Å². The highest BCUT2D eigenvalue weighted by atomic mass is 16.2. The van der Waals surface area contributed by atoms with E-state index in [1.54, 1.807) is 0 Å². The van der Waals surface area contributed by atoms with E-state index in [0.29, 0.717) is 6.04 Å². The second kappa shape index (κ2) is 8.72. The van der Waals surface area contributed by atoms with Crippen LogP contribution < -0.4 is 15.5 Å². The number of rotatable bonds is 4. The Morgan fingerprint density at radius 1 is 1.03 bits per heavy atom. The van der Waals surface area contributed by atoms with Crippen molar-refractivity contribution < 1.29 is 4.79 Å². The highest BCUT2D eigenvalue weighted by Gasteiger charge is 2.31. The van der Waals surface area contributed by atoms with Crippen LogP contribution in [0.25, 0.3) is 11.4 Å². The summed E-state index contributed by atoms with van der Waals surface area (Å²) < 4.78 is 0. The van der Waals surface area contributed by atoms with Gasteiger partial charge in [0.15, 0.2) is 5.82 Å². The van der Waals surface area contributed by atoms with Crippen LogP contribution in [0.15, 0.2) is 30.3 Å². The topological polar surface area (TPSA) is 70.2 Å². The van der Waals surface area contributed by atoms with Crippen molar-refractivity contribution in [2.45, 2.75) is 51.0 Å². The normalized spacial score (nSPS) is 22.0. The minimum absolute atomic E-state index is 0.0424. The molecule has 6 nitrogen and oxygen atoms in total. The number of fused-ring (bicyclic) bond motifs is 1. The first kappa shape index (κ1) is 19.5. The molecule has 30 heavy (non-hydrogen) atoms. The van der Waals surface area contributed by atoms with E-state index in [2.05, 4.69) is 27.7 Å². The fourth-order valence-corrected chi connectivity index (χ4v) is 5.06. The zero-order valence-corrected chi connectivity index (χ0v) is 17.6. The molecule has 1 aliphatic carbocycles. The van der Waals surface area contributed by atoms with E-state index < -0.39 is 0 Å². The molecule has 0 saturated carbocycles. The lowest BCUT2D eigenvalue weighted by atomic mass is 9.95. The largest absolute Gasteiger partial charge is 0.355 e. The Hall–Kier alpha value is -2.47. The second-order valence-corrected chi connectivity index (χ2v) is 8.83. The monoisotopic (exact) mass is 405 g/mol. The van der Waals surface area contributed by atoms with E-state index in [9.17, 15) is 4.79 Å². The number of amides is 1.